The first-order chi connectivity index (χ1) is 8.68. The van der Waals surface area contributed by atoms with Gasteiger partial charge in [0.1, 0.15) is 0 Å². The molecule has 0 unspecified atom stereocenters. The van der Waals surface area contributed by atoms with Gasteiger partial charge in [-0.05, 0) is 37.0 Å². The third-order valence-electron chi connectivity index (χ3n) is 2.62. The van der Waals surface area contributed by atoms with Gasteiger partial charge in [-0.2, -0.15) is 26.3 Å². The van der Waals surface area contributed by atoms with Crippen LogP contribution in [0.1, 0.15) is 29.5 Å². The molecule has 19 heavy (non-hydrogen) atoms. The third-order valence-corrected chi connectivity index (χ3v) is 2.62. The van der Waals surface area contributed by atoms with Gasteiger partial charge in [-0.1, -0.05) is 6.07 Å². The van der Waals surface area contributed by atoms with Crippen LogP contribution < -0.4 is 0 Å². The number of alkyl halides is 6. The predicted octanol–water partition coefficient (Wildman–Crippen LogP) is 4.04. The van der Waals surface area contributed by atoms with E-state index in [9.17, 15) is 26.3 Å². The molecule has 0 aliphatic heterocycles. The van der Waals surface area contributed by atoms with Crippen LogP contribution in [0.3, 0.4) is 0 Å². The van der Waals surface area contributed by atoms with Gasteiger partial charge in [-0.3, -0.25) is 0 Å². The van der Waals surface area contributed by atoms with Crippen molar-refractivity contribution in [2.45, 2.75) is 31.6 Å². The summed E-state index contributed by atoms with van der Waals surface area (Å²) in [5.41, 5.74) is -3.28. The maximum Gasteiger partial charge on any atom is 0.416 e. The Hall–Kier alpha value is -1.24. The summed E-state index contributed by atoms with van der Waals surface area (Å²) in [5, 5.41) is 8.56. The highest BCUT2D eigenvalue weighted by molar-refractivity contribution is 5.39. The summed E-state index contributed by atoms with van der Waals surface area (Å²) in [6.07, 6.45) is -9.80. The highest BCUT2D eigenvalue weighted by Gasteiger charge is 2.39. The Morgan fingerprint density at radius 3 is 1.68 bits per heavy atom. The summed E-state index contributed by atoms with van der Waals surface area (Å²) < 4.78 is 76.3. The van der Waals surface area contributed by atoms with Gasteiger partial charge in [0.25, 0.3) is 0 Å². The molecule has 0 saturated heterocycles. The number of unbranched alkanes of at least 4 members (excludes halogenated alkanes) is 1. The van der Waals surface area contributed by atoms with E-state index in [2.05, 4.69) is 0 Å². The van der Waals surface area contributed by atoms with E-state index in [1.807, 2.05) is 0 Å². The first-order valence-electron chi connectivity index (χ1n) is 5.55. The summed E-state index contributed by atoms with van der Waals surface area (Å²) in [6, 6.07) is 2.04. The summed E-state index contributed by atoms with van der Waals surface area (Å²) in [7, 11) is 0. The van der Waals surface area contributed by atoms with Crippen molar-refractivity contribution >= 4 is 0 Å². The monoisotopic (exact) mass is 286 g/mol. The lowest BCUT2D eigenvalue weighted by Crippen LogP contribution is -2.16. The van der Waals surface area contributed by atoms with Crippen molar-refractivity contribution in [3.05, 3.63) is 34.9 Å². The topological polar surface area (TPSA) is 20.2 Å². The predicted molar refractivity (Wildman–Crippen MR) is 56.5 cm³/mol. The largest absolute Gasteiger partial charge is 0.416 e. The van der Waals surface area contributed by atoms with Crippen LogP contribution in [0.15, 0.2) is 18.2 Å². The molecular weight excluding hydrogens is 274 g/mol. The Morgan fingerprint density at radius 1 is 0.842 bits per heavy atom. The fourth-order valence-corrected chi connectivity index (χ4v) is 1.80. The molecular formula is C12H12F6O. The van der Waals surface area contributed by atoms with E-state index < -0.39 is 29.0 Å². The maximum absolute atomic E-state index is 12.7. The van der Waals surface area contributed by atoms with E-state index in [4.69, 9.17) is 5.11 Å². The van der Waals surface area contributed by atoms with Crippen LogP contribution in [0.2, 0.25) is 0 Å². The molecule has 0 bridgehead atoms. The van der Waals surface area contributed by atoms with E-state index in [0.29, 0.717) is 12.1 Å². The summed E-state index contributed by atoms with van der Waals surface area (Å²) in [4.78, 5) is 0. The molecule has 0 aliphatic rings. The van der Waals surface area contributed by atoms with Crippen LogP contribution in [-0.2, 0) is 18.8 Å². The van der Waals surface area contributed by atoms with Crippen molar-refractivity contribution < 1.29 is 31.4 Å². The quantitative estimate of drug-likeness (QED) is 0.654. The van der Waals surface area contributed by atoms with Crippen molar-refractivity contribution in [3.63, 3.8) is 0 Å². The van der Waals surface area contributed by atoms with Gasteiger partial charge in [0.05, 0.1) is 11.1 Å². The SMILES string of the molecule is OCCCCc1c(C(F)(F)F)cccc1C(F)(F)F. The zero-order valence-electron chi connectivity index (χ0n) is 9.78. The highest BCUT2D eigenvalue weighted by atomic mass is 19.4. The van der Waals surface area contributed by atoms with Crippen LogP contribution >= 0.6 is 0 Å². The number of aliphatic hydroxyl groups is 1. The van der Waals surface area contributed by atoms with Crippen molar-refractivity contribution in [2.75, 3.05) is 6.61 Å². The van der Waals surface area contributed by atoms with Crippen molar-refractivity contribution in [2.24, 2.45) is 0 Å². The van der Waals surface area contributed by atoms with Crippen LogP contribution in [0.4, 0.5) is 26.3 Å². The summed E-state index contributed by atoms with van der Waals surface area (Å²) in [5.74, 6) is 0. The van der Waals surface area contributed by atoms with Gasteiger partial charge >= 0.3 is 12.4 Å². The van der Waals surface area contributed by atoms with Crippen molar-refractivity contribution in [1.29, 1.82) is 0 Å². The van der Waals surface area contributed by atoms with Crippen LogP contribution in [0.25, 0.3) is 0 Å². The molecule has 7 heteroatoms. The Labute approximate surface area is 105 Å². The number of benzene rings is 1. The molecule has 0 radical (unpaired) electrons. The molecule has 108 valence electrons. The number of halogens is 6. The van der Waals surface area contributed by atoms with Crippen LogP contribution in [0.5, 0.6) is 0 Å². The molecule has 0 saturated carbocycles. The average molecular weight is 286 g/mol. The lowest BCUT2D eigenvalue weighted by molar-refractivity contribution is -0.144. The second-order valence-corrected chi connectivity index (χ2v) is 4.01. The summed E-state index contributed by atoms with van der Waals surface area (Å²) >= 11 is 0. The van der Waals surface area contributed by atoms with E-state index in [1.54, 1.807) is 0 Å². The maximum atomic E-state index is 12.7. The minimum atomic E-state index is -4.82. The molecule has 1 N–H and O–H groups in total. The van der Waals surface area contributed by atoms with Crippen molar-refractivity contribution in [1.82, 2.24) is 0 Å². The van der Waals surface area contributed by atoms with Gasteiger partial charge in [0.2, 0.25) is 0 Å². The van der Waals surface area contributed by atoms with E-state index in [1.165, 1.54) is 0 Å². The van der Waals surface area contributed by atoms with Crippen molar-refractivity contribution in [3.8, 4) is 0 Å². The van der Waals surface area contributed by atoms with Gasteiger partial charge in [-0.15, -0.1) is 0 Å². The lowest BCUT2D eigenvalue weighted by atomic mass is 9.95. The smallest absolute Gasteiger partial charge is 0.396 e. The minimum Gasteiger partial charge on any atom is -0.396 e. The van der Waals surface area contributed by atoms with Crippen LogP contribution in [0, 0.1) is 0 Å². The molecule has 0 spiro atoms. The second kappa shape index (κ2) is 5.81. The Kier molecular flexibility index (Phi) is 4.84. The Morgan fingerprint density at radius 2 is 1.32 bits per heavy atom. The molecule has 0 heterocycles. The molecule has 0 aromatic heterocycles. The van der Waals surface area contributed by atoms with Crippen LogP contribution in [-0.4, -0.2) is 11.7 Å². The first kappa shape index (κ1) is 15.8. The fourth-order valence-electron chi connectivity index (χ4n) is 1.80. The molecule has 1 aromatic carbocycles. The fraction of sp³-hybridized carbons (Fsp3) is 0.500. The van der Waals surface area contributed by atoms with E-state index in [-0.39, 0.29) is 25.9 Å². The molecule has 1 rings (SSSR count). The number of rotatable bonds is 4. The molecule has 0 aliphatic carbocycles. The van der Waals surface area contributed by atoms with Gasteiger partial charge in [0.15, 0.2) is 0 Å². The molecule has 1 nitrogen and oxygen atoms in total. The average Bonchev–Trinajstić information content (AvgIpc) is 2.26. The molecule has 1 aromatic rings. The first-order valence-corrected chi connectivity index (χ1v) is 5.55. The number of hydrogen-bond donors (Lipinski definition) is 1. The minimum absolute atomic E-state index is 0.0622. The molecule has 0 atom stereocenters. The highest BCUT2D eigenvalue weighted by Crippen LogP contribution is 2.39. The van der Waals surface area contributed by atoms with E-state index >= 15 is 0 Å². The number of hydrogen-bond acceptors (Lipinski definition) is 1. The van der Waals surface area contributed by atoms with Gasteiger partial charge in [0, 0.05) is 6.61 Å². The molecule has 0 amide bonds. The summed E-state index contributed by atoms with van der Waals surface area (Å²) in [6.45, 7) is -0.268. The van der Waals surface area contributed by atoms with E-state index in [0.717, 1.165) is 6.07 Å². The normalized spacial score (nSPS) is 12.8. The zero-order chi connectivity index (χ0) is 14.7. The lowest BCUT2D eigenvalue weighted by Gasteiger charge is -2.18. The standard InChI is InChI=1S/C12H12F6O/c13-11(14,15)9-5-3-6-10(12(16,17)18)8(9)4-1-2-7-19/h3,5-6,19H,1-2,4,7H2. The Bertz CT molecular complexity index is 389. The second-order valence-electron chi connectivity index (χ2n) is 4.01. The zero-order valence-corrected chi connectivity index (χ0v) is 9.78. The van der Waals surface area contributed by atoms with Gasteiger partial charge in [-0.25, -0.2) is 0 Å². The third kappa shape index (κ3) is 4.12. The number of aliphatic hydroxyl groups excluding tert-OH is 1. The van der Waals surface area contributed by atoms with Gasteiger partial charge < -0.3 is 5.11 Å². The Balaban J connectivity index is 3.25. The molecule has 0 fully saturated rings.